The molecule has 0 fully saturated rings. The molecule has 0 spiro atoms. The van der Waals surface area contributed by atoms with E-state index in [-0.39, 0.29) is 5.56 Å². The summed E-state index contributed by atoms with van der Waals surface area (Å²) in [5.41, 5.74) is 2.31. The van der Waals surface area contributed by atoms with Crippen LogP contribution in [0.3, 0.4) is 0 Å². The zero-order chi connectivity index (χ0) is 15.0. The normalized spacial score (nSPS) is 10.5. The Morgan fingerprint density at radius 1 is 1.33 bits per heavy atom. The van der Waals surface area contributed by atoms with Gasteiger partial charge in [0.2, 0.25) is 0 Å². The molecular formula is C15H8BrN3O2. The van der Waals surface area contributed by atoms with Crippen LogP contribution in [-0.2, 0) is 0 Å². The Kier molecular flexibility index (Phi) is 3.20. The molecule has 102 valence electrons. The minimum atomic E-state index is -1.03. The van der Waals surface area contributed by atoms with Crippen LogP contribution in [0.1, 0.15) is 15.9 Å². The van der Waals surface area contributed by atoms with E-state index in [2.05, 4.69) is 27.0 Å². The van der Waals surface area contributed by atoms with E-state index in [1.54, 1.807) is 34.9 Å². The van der Waals surface area contributed by atoms with Crippen molar-refractivity contribution in [3.05, 3.63) is 58.3 Å². The Bertz CT molecular complexity index is 909. The molecule has 0 saturated heterocycles. The van der Waals surface area contributed by atoms with Gasteiger partial charge in [-0.05, 0) is 30.3 Å². The highest BCUT2D eigenvalue weighted by molar-refractivity contribution is 9.10. The number of aromatic carboxylic acids is 1. The topological polar surface area (TPSA) is 78.9 Å². The third-order valence-corrected chi connectivity index (χ3v) is 3.64. The van der Waals surface area contributed by atoms with E-state index < -0.39 is 5.97 Å². The molecule has 0 amide bonds. The lowest BCUT2D eigenvalue weighted by Crippen LogP contribution is -1.99. The summed E-state index contributed by atoms with van der Waals surface area (Å²) in [6.07, 6.45) is 1.53. The molecule has 0 aliphatic carbocycles. The second kappa shape index (κ2) is 5.04. The van der Waals surface area contributed by atoms with E-state index in [4.69, 9.17) is 0 Å². The van der Waals surface area contributed by atoms with Gasteiger partial charge in [-0.1, -0.05) is 22.0 Å². The summed E-state index contributed by atoms with van der Waals surface area (Å²) < 4.78 is 2.54. The molecule has 2 aromatic carbocycles. The third kappa shape index (κ3) is 2.18. The van der Waals surface area contributed by atoms with Gasteiger partial charge in [-0.15, -0.1) is 0 Å². The molecule has 1 N–H and O–H groups in total. The number of benzene rings is 2. The van der Waals surface area contributed by atoms with Crippen LogP contribution in [0.25, 0.3) is 16.7 Å². The molecule has 0 atom stereocenters. The van der Waals surface area contributed by atoms with Gasteiger partial charge in [0.15, 0.2) is 0 Å². The van der Waals surface area contributed by atoms with Crippen LogP contribution in [0.15, 0.2) is 47.2 Å². The number of carboxylic acids is 1. The van der Waals surface area contributed by atoms with Gasteiger partial charge in [0.25, 0.3) is 0 Å². The van der Waals surface area contributed by atoms with Crippen LogP contribution < -0.4 is 0 Å². The Labute approximate surface area is 128 Å². The van der Waals surface area contributed by atoms with Gasteiger partial charge in [-0.3, -0.25) is 4.57 Å². The zero-order valence-electron chi connectivity index (χ0n) is 10.6. The molecule has 0 aliphatic rings. The summed E-state index contributed by atoms with van der Waals surface area (Å²) in [6, 6.07) is 12.4. The molecular weight excluding hydrogens is 334 g/mol. The number of imidazole rings is 1. The molecule has 21 heavy (non-hydrogen) atoms. The number of aromatic nitrogens is 2. The molecule has 3 aromatic rings. The first kappa shape index (κ1) is 13.3. The molecule has 1 aromatic heterocycles. The first-order valence-electron chi connectivity index (χ1n) is 6.01. The molecule has 0 bridgehead atoms. The minimum Gasteiger partial charge on any atom is -0.478 e. The van der Waals surface area contributed by atoms with Gasteiger partial charge in [0.1, 0.15) is 17.9 Å². The van der Waals surface area contributed by atoms with Crippen LogP contribution in [0.5, 0.6) is 0 Å². The second-order valence-electron chi connectivity index (χ2n) is 4.37. The largest absolute Gasteiger partial charge is 0.478 e. The summed E-state index contributed by atoms with van der Waals surface area (Å²) in [7, 11) is 0. The van der Waals surface area contributed by atoms with Gasteiger partial charge in [0, 0.05) is 4.47 Å². The van der Waals surface area contributed by atoms with E-state index in [0.29, 0.717) is 22.3 Å². The Morgan fingerprint density at radius 3 is 2.86 bits per heavy atom. The average Bonchev–Trinajstić information content (AvgIpc) is 2.90. The monoisotopic (exact) mass is 341 g/mol. The molecule has 1 heterocycles. The van der Waals surface area contributed by atoms with Crippen molar-refractivity contribution in [2.75, 3.05) is 0 Å². The second-order valence-corrected chi connectivity index (χ2v) is 5.28. The molecule has 5 nitrogen and oxygen atoms in total. The Morgan fingerprint density at radius 2 is 2.14 bits per heavy atom. The van der Waals surface area contributed by atoms with Gasteiger partial charge in [-0.25, -0.2) is 9.78 Å². The first-order chi connectivity index (χ1) is 10.1. The number of para-hydroxylation sites is 1. The van der Waals surface area contributed by atoms with Gasteiger partial charge in [-0.2, -0.15) is 5.26 Å². The highest BCUT2D eigenvalue weighted by atomic mass is 79.9. The van der Waals surface area contributed by atoms with E-state index in [0.717, 1.165) is 4.47 Å². The number of hydrogen-bond acceptors (Lipinski definition) is 3. The molecule has 0 aliphatic heterocycles. The van der Waals surface area contributed by atoms with Crippen molar-refractivity contribution in [1.29, 1.82) is 5.26 Å². The predicted octanol–water partition coefficient (Wildman–Crippen LogP) is 3.36. The lowest BCUT2D eigenvalue weighted by atomic mass is 10.1. The highest BCUT2D eigenvalue weighted by Crippen LogP contribution is 2.25. The van der Waals surface area contributed by atoms with Crippen molar-refractivity contribution in [2.45, 2.75) is 0 Å². The van der Waals surface area contributed by atoms with Crippen molar-refractivity contribution in [3.8, 4) is 11.8 Å². The quantitative estimate of drug-likeness (QED) is 0.775. The molecule has 0 radical (unpaired) electrons. The number of rotatable bonds is 2. The van der Waals surface area contributed by atoms with Crippen molar-refractivity contribution in [2.24, 2.45) is 0 Å². The highest BCUT2D eigenvalue weighted by Gasteiger charge is 2.14. The summed E-state index contributed by atoms with van der Waals surface area (Å²) >= 11 is 3.38. The summed E-state index contributed by atoms with van der Waals surface area (Å²) in [5, 5.41) is 18.4. The molecule has 3 rings (SSSR count). The number of halogens is 1. The van der Waals surface area contributed by atoms with Crippen LogP contribution in [0, 0.1) is 11.3 Å². The fraction of sp³-hybridized carbons (Fsp3) is 0. The molecule has 0 unspecified atom stereocenters. The van der Waals surface area contributed by atoms with Crippen molar-refractivity contribution in [3.63, 3.8) is 0 Å². The fourth-order valence-corrected chi connectivity index (χ4v) is 2.55. The van der Waals surface area contributed by atoms with E-state index in [1.807, 2.05) is 0 Å². The number of hydrogen-bond donors (Lipinski definition) is 1. The van der Waals surface area contributed by atoms with Gasteiger partial charge < -0.3 is 5.11 Å². The van der Waals surface area contributed by atoms with Gasteiger partial charge in [0.05, 0.1) is 22.3 Å². The van der Waals surface area contributed by atoms with Gasteiger partial charge >= 0.3 is 5.97 Å². The molecule has 0 saturated carbocycles. The number of nitrogens with zero attached hydrogens (tertiary/aromatic N) is 3. The average molecular weight is 342 g/mol. The third-order valence-electron chi connectivity index (χ3n) is 3.15. The fourth-order valence-electron chi connectivity index (χ4n) is 2.20. The Balaban J connectivity index is 2.33. The lowest BCUT2D eigenvalue weighted by molar-refractivity contribution is 0.0699. The van der Waals surface area contributed by atoms with Crippen LogP contribution in [0.2, 0.25) is 0 Å². The number of carbonyl (C=O) groups is 1. The summed E-state index contributed by atoms with van der Waals surface area (Å²) in [4.78, 5) is 15.4. The van der Waals surface area contributed by atoms with E-state index in [1.165, 1.54) is 12.4 Å². The maximum atomic E-state index is 11.2. The summed E-state index contributed by atoms with van der Waals surface area (Å²) in [5.74, 6) is -1.03. The van der Waals surface area contributed by atoms with Crippen molar-refractivity contribution in [1.82, 2.24) is 9.55 Å². The summed E-state index contributed by atoms with van der Waals surface area (Å²) in [6.45, 7) is 0. The number of fused-ring (bicyclic) bond motifs is 1. The van der Waals surface area contributed by atoms with E-state index >= 15 is 0 Å². The lowest BCUT2D eigenvalue weighted by Gasteiger charge is -2.07. The maximum absolute atomic E-state index is 11.2. The van der Waals surface area contributed by atoms with Crippen LogP contribution >= 0.6 is 15.9 Å². The maximum Gasteiger partial charge on any atom is 0.337 e. The first-order valence-corrected chi connectivity index (χ1v) is 6.80. The van der Waals surface area contributed by atoms with Crippen LogP contribution in [0.4, 0.5) is 0 Å². The number of nitriles is 1. The smallest absolute Gasteiger partial charge is 0.337 e. The predicted molar refractivity (Wildman–Crippen MR) is 80.4 cm³/mol. The standard InChI is InChI=1S/C15H8BrN3O2/c16-10-5-4-9(7-17)13(6-10)19-8-18-14-11(15(20)21)2-1-3-12(14)19/h1-6,8H,(H,20,21). The van der Waals surface area contributed by atoms with E-state index in [9.17, 15) is 15.2 Å². The SMILES string of the molecule is N#Cc1ccc(Br)cc1-n1cnc2c(C(=O)O)cccc21. The number of carboxylic acid groups (broad SMARTS) is 1. The minimum absolute atomic E-state index is 0.139. The van der Waals surface area contributed by atoms with Crippen LogP contribution in [-0.4, -0.2) is 20.6 Å². The zero-order valence-corrected chi connectivity index (χ0v) is 12.2. The van der Waals surface area contributed by atoms with Crippen molar-refractivity contribution < 1.29 is 9.90 Å². The molecule has 6 heteroatoms. The van der Waals surface area contributed by atoms with Crippen molar-refractivity contribution >= 4 is 32.9 Å². The Hall–Kier alpha value is -2.65.